The van der Waals surface area contributed by atoms with E-state index in [1.54, 1.807) is 47.4 Å². The van der Waals surface area contributed by atoms with Gasteiger partial charge >= 0.3 is 0 Å². The zero-order chi connectivity index (χ0) is 28.4. The largest absolute Gasteiger partial charge is 0.495 e. The summed E-state index contributed by atoms with van der Waals surface area (Å²) in [4.78, 5) is 33.2. The average molecular weight is 578 g/mol. The number of aromatic amines is 1. The summed E-state index contributed by atoms with van der Waals surface area (Å²) in [5.41, 5.74) is 2.80. The normalized spacial score (nSPS) is 15.6. The van der Waals surface area contributed by atoms with Crippen LogP contribution in [-0.2, 0) is 26.0 Å². The fourth-order valence-corrected chi connectivity index (χ4v) is 5.65. The molecule has 0 radical (unpaired) electrons. The predicted octanol–water partition coefficient (Wildman–Crippen LogP) is 3.40. The second kappa shape index (κ2) is 11.1. The zero-order valence-electron chi connectivity index (χ0n) is 21.5. The number of primary sulfonamides is 1. The molecule has 1 aliphatic heterocycles. The van der Waals surface area contributed by atoms with E-state index in [4.69, 9.17) is 22.1 Å². The lowest BCUT2D eigenvalue weighted by atomic mass is 10.1. The van der Waals surface area contributed by atoms with Crippen molar-refractivity contribution < 1.29 is 22.7 Å². The van der Waals surface area contributed by atoms with E-state index in [9.17, 15) is 18.0 Å². The van der Waals surface area contributed by atoms with Crippen LogP contribution in [0.4, 0.5) is 11.4 Å². The molecule has 40 heavy (non-hydrogen) atoms. The lowest BCUT2D eigenvalue weighted by molar-refractivity contribution is -0.124. The number of carbonyl (C=O) groups excluding carboxylic acids is 2. The Morgan fingerprint density at radius 3 is 2.58 bits per heavy atom. The van der Waals surface area contributed by atoms with Gasteiger partial charge < -0.3 is 19.9 Å². The van der Waals surface area contributed by atoms with Gasteiger partial charge in [0, 0.05) is 23.9 Å². The summed E-state index contributed by atoms with van der Waals surface area (Å²) in [7, 11) is -2.30. The Labute approximate surface area is 236 Å². The number of fused-ring (bicyclic) bond motifs is 1. The quantitative estimate of drug-likeness (QED) is 0.259. The van der Waals surface area contributed by atoms with Gasteiger partial charge in [0.1, 0.15) is 11.8 Å². The van der Waals surface area contributed by atoms with Crippen molar-refractivity contribution in [1.29, 1.82) is 0 Å². The number of nitrogens with zero attached hydrogens (tertiary/aromatic N) is 2. The summed E-state index contributed by atoms with van der Waals surface area (Å²) in [5, 5.41) is 9.36. The number of amides is 2. The topological polar surface area (TPSA) is 138 Å². The first-order valence-electron chi connectivity index (χ1n) is 12.4. The van der Waals surface area contributed by atoms with Gasteiger partial charge in [-0.25, -0.2) is 13.6 Å². The minimum atomic E-state index is -3.81. The smallest absolute Gasteiger partial charge is 0.256 e. The van der Waals surface area contributed by atoms with Crippen molar-refractivity contribution in [2.45, 2.75) is 23.8 Å². The second-order valence-corrected chi connectivity index (χ2v) is 11.2. The Kier molecular flexibility index (Phi) is 7.57. The van der Waals surface area contributed by atoms with E-state index in [0.29, 0.717) is 30.1 Å². The highest BCUT2D eigenvalue weighted by molar-refractivity contribution is 7.89. The first-order valence-corrected chi connectivity index (χ1v) is 14.4. The van der Waals surface area contributed by atoms with E-state index >= 15 is 0 Å². The molecule has 0 saturated carbocycles. The summed E-state index contributed by atoms with van der Waals surface area (Å²) in [6, 6.07) is 19.9. The number of nitrogens with two attached hydrogens (primary N) is 1. The van der Waals surface area contributed by atoms with E-state index < -0.39 is 16.1 Å². The number of methoxy groups -OCH3 is 1. The van der Waals surface area contributed by atoms with E-state index in [0.717, 1.165) is 16.5 Å². The molecule has 2 amide bonds. The van der Waals surface area contributed by atoms with Gasteiger partial charge in [-0.15, -0.1) is 0 Å². The molecule has 3 aromatic carbocycles. The number of hydrogen-bond donors (Lipinski definition) is 3. The third-order valence-electron chi connectivity index (χ3n) is 6.76. The molecular formula is C28H27N5O5S2. The highest BCUT2D eigenvalue weighted by Crippen LogP contribution is 2.34. The van der Waals surface area contributed by atoms with Gasteiger partial charge in [0.15, 0.2) is 5.11 Å². The SMILES string of the molecule is COc1ccccc1N1C(=O)C(CC(=O)Nc2ccc3cc[nH]c3c2)N(CCc2ccc(S(N)(=O)=O)cc2)C1=S. The number of para-hydroxylation sites is 2. The number of carbonyl (C=O) groups is 2. The molecular weight excluding hydrogens is 550 g/mol. The van der Waals surface area contributed by atoms with Crippen LogP contribution in [0.15, 0.2) is 83.9 Å². The lowest BCUT2D eigenvalue weighted by Crippen LogP contribution is -2.39. The third kappa shape index (κ3) is 5.55. The average Bonchev–Trinajstić information content (AvgIpc) is 3.48. The highest BCUT2D eigenvalue weighted by atomic mass is 32.2. The Bertz CT molecular complexity index is 1700. The van der Waals surface area contributed by atoms with Crippen LogP contribution in [0.2, 0.25) is 0 Å². The summed E-state index contributed by atoms with van der Waals surface area (Å²) in [6.07, 6.45) is 2.14. The lowest BCUT2D eigenvalue weighted by Gasteiger charge is -2.24. The fraction of sp³-hybridized carbons (Fsp3) is 0.179. The molecule has 1 aromatic heterocycles. The standard InChI is InChI=1S/C28H27N5O5S2/c1-38-25-5-3-2-4-23(25)33-27(35)24(17-26(34)31-20-9-8-19-12-14-30-22(19)16-20)32(28(33)39)15-13-18-6-10-21(11-7-18)40(29,36)37/h2-12,14,16,24,30H,13,15,17H2,1H3,(H,31,34)(H2,29,36,37). The number of anilines is 2. The van der Waals surface area contributed by atoms with Crippen LogP contribution >= 0.6 is 12.2 Å². The molecule has 206 valence electrons. The van der Waals surface area contributed by atoms with Crippen LogP contribution in [0.1, 0.15) is 12.0 Å². The van der Waals surface area contributed by atoms with Crippen LogP contribution in [-0.4, -0.2) is 54.9 Å². The van der Waals surface area contributed by atoms with Crippen molar-refractivity contribution in [1.82, 2.24) is 9.88 Å². The Hall–Kier alpha value is -4.26. The summed E-state index contributed by atoms with van der Waals surface area (Å²) < 4.78 is 28.7. The molecule has 10 nitrogen and oxygen atoms in total. The summed E-state index contributed by atoms with van der Waals surface area (Å²) in [5.74, 6) is -0.202. The number of ether oxygens (including phenoxy) is 1. The predicted molar refractivity (Wildman–Crippen MR) is 157 cm³/mol. The molecule has 4 aromatic rings. The molecule has 2 heterocycles. The van der Waals surface area contributed by atoms with Crippen LogP contribution in [0.3, 0.4) is 0 Å². The van der Waals surface area contributed by atoms with Crippen molar-refractivity contribution in [3.8, 4) is 5.75 Å². The van der Waals surface area contributed by atoms with Gasteiger partial charge in [-0.3, -0.25) is 14.5 Å². The van der Waals surface area contributed by atoms with E-state index in [2.05, 4.69) is 10.3 Å². The monoisotopic (exact) mass is 577 g/mol. The number of hydrogen-bond acceptors (Lipinski definition) is 6. The number of rotatable bonds is 9. The Balaban J connectivity index is 1.39. The number of benzene rings is 3. The molecule has 1 atom stereocenters. The highest BCUT2D eigenvalue weighted by Gasteiger charge is 2.44. The maximum Gasteiger partial charge on any atom is 0.256 e. The number of aromatic nitrogens is 1. The van der Waals surface area contributed by atoms with E-state index in [-0.39, 0.29) is 28.2 Å². The number of thiocarbonyl (C=S) groups is 1. The fourth-order valence-electron chi connectivity index (χ4n) is 4.73. The Morgan fingerprint density at radius 2 is 1.85 bits per heavy atom. The zero-order valence-corrected chi connectivity index (χ0v) is 23.2. The van der Waals surface area contributed by atoms with Gasteiger partial charge in [0.05, 0.1) is 24.1 Å². The van der Waals surface area contributed by atoms with Crippen molar-refractivity contribution in [2.75, 3.05) is 23.9 Å². The minimum Gasteiger partial charge on any atom is -0.495 e. The Morgan fingerprint density at radius 1 is 1.10 bits per heavy atom. The number of H-pyrrole nitrogens is 1. The molecule has 1 unspecified atom stereocenters. The second-order valence-electron chi connectivity index (χ2n) is 9.31. The van der Waals surface area contributed by atoms with Crippen LogP contribution < -0.4 is 20.1 Å². The van der Waals surface area contributed by atoms with Gasteiger partial charge in [-0.05, 0) is 72.1 Å². The maximum atomic E-state index is 13.8. The van der Waals surface area contributed by atoms with Crippen molar-refractivity contribution in [3.63, 3.8) is 0 Å². The van der Waals surface area contributed by atoms with Crippen LogP contribution in [0.25, 0.3) is 10.9 Å². The van der Waals surface area contributed by atoms with Gasteiger partial charge in [-0.1, -0.05) is 30.3 Å². The molecule has 12 heteroatoms. The van der Waals surface area contributed by atoms with Gasteiger partial charge in [0.2, 0.25) is 15.9 Å². The first kappa shape index (κ1) is 27.3. The molecule has 1 aliphatic rings. The molecule has 0 spiro atoms. The molecule has 0 aliphatic carbocycles. The van der Waals surface area contributed by atoms with E-state index in [1.165, 1.54) is 24.1 Å². The molecule has 1 saturated heterocycles. The van der Waals surface area contributed by atoms with Crippen molar-refractivity contribution in [3.05, 3.63) is 84.6 Å². The van der Waals surface area contributed by atoms with Gasteiger partial charge in [0.25, 0.3) is 5.91 Å². The first-order chi connectivity index (χ1) is 19.2. The summed E-state index contributed by atoms with van der Waals surface area (Å²) in [6.45, 7) is 0.317. The minimum absolute atomic E-state index is 0.0116. The third-order valence-corrected chi connectivity index (χ3v) is 8.10. The van der Waals surface area contributed by atoms with Crippen LogP contribution in [0.5, 0.6) is 5.75 Å². The van der Waals surface area contributed by atoms with Crippen LogP contribution in [0, 0.1) is 0 Å². The maximum absolute atomic E-state index is 13.8. The number of sulfonamides is 1. The number of nitrogens with one attached hydrogen (secondary N) is 2. The van der Waals surface area contributed by atoms with Gasteiger partial charge in [-0.2, -0.15) is 0 Å². The molecule has 5 rings (SSSR count). The van der Waals surface area contributed by atoms with Crippen molar-refractivity contribution in [2.24, 2.45) is 5.14 Å². The summed E-state index contributed by atoms with van der Waals surface area (Å²) >= 11 is 5.76. The van der Waals surface area contributed by atoms with Crippen molar-refractivity contribution >= 4 is 61.4 Å². The molecule has 4 N–H and O–H groups in total. The van der Waals surface area contributed by atoms with E-state index in [1.807, 2.05) is 24.4 Å². The molecule has 1 fully saturated rings. The molecule has 0 bridgehead atoms.